The Morgan fingerprint density at radius 3 is 2.74 bits per heavy atom. The molecule has 1 heterocycles. The van der Waals surface area contributed by atoms with Gasteiger partial charge >= 0.3 is 0 Å². The van der Waals surface area contributed by atoms with Gasteiger partial charge in [-0.25, -0.2) is 4.98 Å². The quantitative estimate of drug-likeness (QED) is 0.894. The van der Waals surface area contributed by atoms with Crippen molar-refractivity contribution < 1.29 is 4.74 Å². The average molecular weight is 277 g/mol. The lowest BCUT2D eigenvalue weighted by molar-refractivity contribution is 0.306. The fourth-order valence-corrected chi connectivity index (χ4v) is 1.97. The summed E-state index contributed by atoms with van der Waals surface area (Å²) in [6, 6.07) is 9.70. The second-order valence-electron chi connectivity index (χ2n) is 4.30. The molecular formula is C15H17ClN2O. The van der Waals surface area contributed by atoms with Gasteiger partial charge in [-0.05, 0) is 37.6 Å². The van der Waals surface area contributed by atoms with E-state index in [1.807, 2.05) is 44.2 Å². The summed E-state index contributed by atoms with van der Waals surface area (Å²) in [6.07, 6.45) is 1.81. The van der Waals surface area contributed by atoms with Gasteiger partial charge in [0.05, 0.1) is 5.02 Å². The van der Waals surface area contributed by atoms with Gasteiger partial charge in [-0.2, -0.15) is 0 Å². The van der Waals surface area contributed by atoms with E-state index >= 15 is 0 Å². The molecule has 3 nitrogen and oxygen atoms in total. The zero-order valence-electron chi connectivity index (χ0n) is 11.1. The van der Waals surface area contributed by atoms with Crippen molar-refractivity contribution in [1.29, 1.82) is 0 Å². The first-order valence-corrected chi connectivity index (χ1v) is 6.64. The Kier molecular flexibility index (Phi) is 4.63. The second kappa shape index (κ2) is 6.43. The van der Waals surface area contributed by atoms with Gasteiger partial charge < -0.3 is 10.1 Å². The van der Waals surface area contributed by atoms with E-state index in [1.165, 1.54) is 0 Å². The van der Waals surface area contributed by atoms with Crippen LogP contribution in [-0.4, -0.2) is 11.5 Å². The molecule has 0 spiro atoms. The highest BCUT2D eigenvalue weighted by Gasteiger charge is 2.02. The third-order valence-electron chi connectivity index (χ3n) is 2.66. The lowest BCUT2D eigenvalue weighted by Gasteiger charge is -2.09. The van der Waals surface area contributed by atoms with Gasteiger partial charge in [0.2, 0.25) is 0 Å². The molecule has 0 amide bonds. The molecule has 0 aliphatic carbocycles. The molecule has 0 saturated carbocycles. The number of pyridine rings is 1. The molecule has 0 fully saturated rings. The molecule has 2 aromatic rings. The molecule has 100 valence electrons. The number of nitrogens with one attached hydrogen (secondary N) is 1. The van der Waals surface area contributed by atoms with Crippen molar-refractivity contribution in [3.8, 4) is 5.75 Å². The Morgan fingerprint density at radius 2 is 2.11 bits per heavy atom. The molecule has 0 saturated heterocycles. The minimum atomic E-state index is 0.461. The van der Waals surface area contributed by atoms with Crippen LogP contribution in [0.5, 0.6) is 5.75 Å². The van der Waals surface area contributed by atoms with Gasteiger partial charge in [0, 0.05) is 18.3 Å². The van der Waals surface area contributed by atoms with E-state index in [1.54, 1.807) is 6.20 Å². The molecule has 0 aliphatic rings. The number of aryl methyl sites for hydroxylation is 1. The standard InChI is InChI=1S/C15H17ClN2O/c1-3-17-15-7-5-12(9-18-15)10-19-14-6-4-11(2)8-13(14)16/h4-9H,3,10H2,1-2H3,(H,17,18). The van der Waals surface area contributed by atoms with Crippen LogP contribution in [0, 0.1) is 6.92 Å². The van der Waals surface area contributed by atoms with Crippen molar-refractivity contribution in [2.24, 2.45) is 0 Å². The Hall–Kier alpha value is -1.74. The lowest BCUT2D eigenvalue weighted by atomic mass is 10.2. The number of ether oxygens (including phenoxy) is 1. The molecule has 0 aliphatic heterocycles. The van der Waals surface area contributed by atoms with Crippen LogP contribution in [0.3, 0.4) is 0 Å². The first-order chi connectivity index (χ1) is 9.19. The monoisotopic (exact) mass is 276 g/mol. The Balaban J connectivity index is 1.98. The number of hydrogen-bond donors (Lipinski definition) is 1. The summed E-state index contributed by atoms with van der Waals surface area (Å²) in [6.45, 7) is 5.36. The van der Waals surface area contributed by atoms with Crippen LogP contribution in [-0.2, 0) is 6.61 Å². The number of hydrogen-bond acceptors (Lipinski definition) is 3. The van der Waals surface area contributed by atoms with E-state index in [4.69, 9.17) is 16.3 Å². The summed E-state index contributed by atoms with van der Waals surface area (Å²) >= 11 is 6.11. The molecule has 0 unspecified atom stereocenters. The van der Waals surface area contributed by atoms with Crippen molar-refractivity contribution in [1.82, 2.24) is 4.98 Å². The molecule has 0 radical (unpaired) electrons. The Morgan fingerprint density at radius 1 is 1.26 bits per heavy atom. The Labute approximate surface area is 118 Å². The van der Waals surface area contributed by atoms with Crippen LogP contribution >= 0.6 is 11.6 Å². The summed E-state index contributed by atoms with van der Waals surface area (Å²) in [5.74, 6) is 1.57. The van der Waals surface area contributed by atoms with E-state index < -0.39 is 0 Å². The topological polar surface area (TPSA) is 34.1 Å². The van der Waals surface area contributed by atoms with E-state index in [0.717, 1.165) is 23.5 Å². The third kappa shape index (κ3) is 3.86. The van der Waals surface area contributed by atoms with Gasteiger partial charge in [0.25, 0.3) is 0 Å². The SMILES string of the molecule is CCNc1ccc(COc2ccc(C)cc2Cl)cn1. The van der Waals surface area contributed by atoms with E-state index in [2.05, 4.69) is 10.3 Å². The molecule has 1 aromatic heterocycles. The summed E-state index contributed by atoms with van der Waals surface area (Å²) in [5.41, 5.74) is 2.13. The molecule has 19 heavy (non-hydrogen) atoms. The van der Waals surface area contributed by atoms with Gasteiger partial charge in [0.1, 0.15) is 18.2 Å². The highest BCUT2D eigenvalue weighted by molar-refractivity contribution is 6.32. The summed E-state index contributed by atoms with van der Waals surface area (Å²) < 4.78 is 5.69. The predicted octanol–water partition coefficient (Wildman–Crippen LogP) is 4.05. The maximum absolute atomic E-state index is 6.11. The molecule has 1 N–H and O–H groups in total. The van der Waals surface area contributed by atoms with E-state index in [0.29, 0.717) is 17.4 Å². The van der Waals surface area contributed by atoms with Crippen LogP contribution in [0.4, 0.5) is 5.82 Å². The molecular weight excluding hydrogens is 260 g/mol. The van der Waals surface area contributed by atoms with Crippen molar-refractivity contribution >= 4 is 17.4 Å². The van der Waals surface area contributed by atoms with Crippen molar-refractivity contribution in [2.75, 3.05) is 11.9 Å². The highest BCUT2D eigenvalue weighted by Crippen LogP contribution is 2.25. The van der Waals surface area contributed by atoms with Crippen LogP contribution in [0.1, 0.15) is 18.1 Å². The van der Waals surface area contributed by atoms with Crippen LogP contribution < -0.4 is 10.1 Å². The molecule has 4 heteroatoms. The number of anilines is 1. The number of rotatable bonds is 5. The number of halogens is 1. The molecule has 2 rings (SSSR count). The smallest absolute Gasteiger partial charge is 0.138 e. The minimum Gasteiger partial charge on any atom is -0.487 e. The van der Waals surface area contributed by atoms with E-state index in [9.17, 15) is 0 Å². The first kappa shape index (κ1) is 13.7. The zero-order valence-corrected chi connectivity index (χ0v) is 11.9. The highest BCUT2D eigenvalue weighted by atomic mass is 35.5. The van der Waals surface area contributed by atoms with Gasteiger partial charge in [-0.3, -0.25) is 0 Å². The maximum Gasteiger partial charge on any atom is 0.138 e. The van der Waals surface area contributed by atoms with Gasteiger partial charge in [0.15, 0.2) is 0 Å². The number of benzene rings is 1. The first-order valence-electron chi connectivity index (χ1n) is 6.27. The summed E-state index contributed by atoms with van der Waals surface area (Å²) in [7, 11) is 0. The summed E-state index contributed by atoms with van der Waals surface area (Å²) in [4.78, 5) is 4.29. The third-order valence-corrected chi connectivity index (χ3v) is 2.96. The van der Waals surface area contributed by atoms with Crippen molar-refractivity contribution in [3.63, 3.8) is 0 Å². The summed E-state index contributed by atoms with van der Waals surface area (Å²) in [5, 5.41) is 3.79. The zero-order chi connectivity index (χ0) is 13.7. The molecule has 1 aromatic carbocycles. The largest absolute Gasteiger partial charge is 0.487 e. The second-order valence-corrected chi connectivity index (χ2v) is 4.71. The lowest BCUT2D eigenvalue weighted by Crippen LogP contribution is -2.01. The van der Waals surface area contributed by atoms with E-state index in [-0.39, 0.29) is 0 Å². The van der Waals surface area contributed by atoms with Crippen LogP contribution in [0.15, 0.2) is 36.5 Å². The van der Waals surface area contributed by atoms with Gasteiger partial charge in [-0.1, -0.05) is 23.7 Å². The van der Waals surface area contributed by atoms with Crippen LogP contribution in [0.2, 0.25) is 5.02 Å². The fraction of sp³-hybridized carbons (Fsp3) is 0.267. The Bertz CT molecular complexity index is 540. The molecule has 0 bridgehead atoms. The normalized spacial score (nSPS) is 10.3. The predicted molar refractivity (Wildman–Crippen MR) is 78.9 cm³/mol. The fourth-order valence-electron chi connectivity index (χ4n) is 1.68. The van der Waals surface area contributed by atoms with Gasteiger partial charge in [-0.15, -0.1) is 0 Å². The number of aromatic nitrogens is 1. The van der Waals surface area contributed by atoms with Crippen molar-refractivity contribution in [2.45, 2.75) is 20.5 Å². The van der Waals surface area contributed by atoms with Crippen LogP contribution in [0.25, 0.3) is 0 Å². The number of nitrogens with zero attached hydrogens (tertiary/aromatic N) is 1. The maximum atomic E-state index is 6.11. The van der Waals surface area contributed by atoms with Crippen molar-refractivity contribution in [3.05, 3.63) is 52.7 Å². The minimum absolute atomic E-state index is 0.461. The average Bonchev–Trinajstić information content (AvgIpc) is 2.40. The molecule has 0 atom stereocenters.